The second-order valence-corrected chi connectivity index (χ2v) is 5.57. The van der Waals surface area contributed by atoms with Gasteiger partial charge in [0.1, 0.15) is 0 Å². The van der Waals surface area contributed by atoms with Crippen LogP contribution in [-0.4, -0.2) is 38.3 Å². The Morgan fingerprint density at radius 1 is 1.26 bits per heavy atom. The topological polar surface area (TPSA) is 38.5 Å². The van der Waals surface area contributed by atoms with Crippen LogP contribution in [0.5, 0.6) is 0 Å². The second kappa shape index (κ2) is 7.85. The fourth-order valence-corrected chi connectivity index (χ4v) is 2.56. The Balaban J connectivity index is 2.78. The summed E-state index contributed by atoms with van der Waals surface area (Å²) in [5, 5.41) is 0.765. The third kappa shape index (κ3) is 4.46. The van der Waals surface area contributed by atoms with Crippen molar-refractivity contribution in [2.45, 2.75) is 25.9 Å². The molecule has 0 aromatic heterocycles. The van der Waals surface area contributed by atoms with Crippen molar-refractivity contribution in [2.75, 3.05) is 27.3 Å². The first-order valence-corrected chi connectivity index (χ1v) is 7.05. The van der Waals surface area contributed by atoms with E-state index >= 15 is 0 Å². The van der Waals surface area contributed by atoms with Crippen molar-refractivity contribution in [1.82, 2.24) is 4.90 Å². The molecule has 0 radical (unpaired) electrons. The van der Waals surface area contributed by atoms with Crippen LogP contribution in [0.3, 0.4) is 0 Å². The third-order valence-corrected chi connectivity index (χ3v) is 4.07. The van der Waals surface area contributed by atoms with Gasteiger partial charge in [-0.15, -0.1) is 0 Å². The Morgan fingerprint density at radius 2 is 1.84 bits per heavy atom. The van der Waals surface area contributed by atoms with Crippen LogP contribution in [0.2, 0.25) is 5.02 Å². The van der Waals surface area contributed by atoms with Gasteiger partial charge in [-0.1, -0.05) is 30.7 Å². The van der Waals surface area contributed by atoms with Crippen LogP contribution < -0.4 is 5.73 Å². The van der Waals surface area contributed by atoms with E-state index in [0.717, 1.165) is 11.6 Å². The minimum absolute atomic E-state index is 0.296. The van der Waals surface area contributed by atoms with Crippen molar-refractivity contribution in [3.8, 4) is 0 Å². The molecule has 0 bridgehead atoms. The zero-order chi connectivity index (χ0) is 14.4. The van der Waals surface area contributed by atoms with E-state index in [1.54, 1.807) is 7.11 Å². The monoisotopic (exact) mass is 284 g/mol. The van der Waals surface area contributed by atoms with Crippen molar-refractivity contribution < 1.29 is 4.74 Å². The Bertz CT molecular complexity index is 369. The van der Waals surface area contributed by atoms with Crippen molar-refractivity contribution in [2.24, 2.45) is 11.7 Å². The molecule has 0 saturated carbocycles. The minimum atomic E-state index is 0.296. The molecule has 3 unspecified atom stereocenters. The van der Waals surface area contributed by atoms with Gasteiger partial charge in [0, 0.05) is 30.8 Å². The first-order chi connectivity index (χ1) is 9.01. The fourth-order valence-electron chi connectivity index (χ4n) is 2.44. The summed E-state index contributed by atoms with van der Waals surface area (Å²) in [6.45, 7) is 5.70. The number of hydrogen-bond acceptors (Lipinski definition) is 3. The molecule has 1 aromatic rings. The average Bonchev–Trinajstić information content (AvgIpc) is 2.39. The lowest BCUT2D eigenvalue weighted by Crippen LogP contribution is -2.45. The molecule has 1 aromatic carbocycles. The van der Waals surface area contributed by atoms with Crippen molar-refractivity contribution in [1.29, 1.82) is 0 Å². The van der Waals surface area contributed by atoms with E-state index in [1.807, 2.05) is 12.1 Å². The maximum absolute atomic E-state index is 5.93. The molecular weight excluding hydrogens is 260 g/mol. The number of hydrogen-bond donors (Lipinski definition) is 1. The van der Waals surface area contributed by atoms with Crippen molar-refractivity contribution in [3.05, 3.63) is 34.9 Å². The van der Waals surface area contributed by atoms with Gasteiger partial charge < -0.3 is 10.5 Å². The molecule has 4 heteroatoms. The number of methoxy groups -OCH3 is 1. The van der Waals surface area contributed by atoms with E-state index in [2.05, 4.69) is 37.9 Å². The highest BCUT2D eigenvalue weighted by atomic mass is 35.5. The fraction of sp³-hybridized carbons (Fsp3) is 0.600. The van der Waals surface area contributed by atoms with E-state index in [0.29, 0.717) is 24.5 Å². The number of nitrogens with two attached hydrogens (primary N) is 1. The summed E-state index contributed by atoms with van der Waals surface area (Å²) < 4.78 is 5.24. The molecule has 0 saturated heterocycles. The van der Waals surface area contributed by atoms with Crippen LogP contribution >= 0.6 is 11.6 Å². The molecule has 2 N–H and O–H groups in total. The van der Waals surface area contributed by atoms with Gasteiger partial charge in [0.05, 0.1) is 6.61 Å². The lowest BCUT2D eigenvalue weighted by molar-refractivity contribution is 0.0802. The first kappa shape index (κ1) is 16.4. The Hall–Kier alpha value is -0.610. The molecule has 0 aliphatic rings. The molecule has 0 fully saturated rings. The lowest BCUT2D eigenvalue weighted by Gasteiger charge is -2.36. The number of ether oxygens (including phenoxy) is 1. The van der Waals surface area contributed by atoms with Gasteiger partial charge >= 0.3 is 0 Å². The first-order valence-electron chi connectivity index (χ1n) is 6.67. The molecule has 1 rings (SSSR count). The predicted molar refractivity (Wildman–Crippen MR) is 81.5 cm³/mol. The van der Waals surface area contributed by atoms with Crippen molar-refractivity contribution in [3.63, 3.8) is 0 Å². The summed E-state index contributed by atoms with van der Waals surface area (Å²) in [5.74, 6) is 0.398. The summed E-state index contributed by atoms with van der Waals surface area (Å²) in [6, 6.07) is 8.58. The maximum atomic E-state index is 5.93. The number of rotatable bonds is 7. The quantitative estimate of drug-likeness (QED) is 0.837. The van der Waals surface area contributed by atoms with E-state index < -0.39 is 0 Å². The van der Waals surface area contributed by atoms with Crippen LogP contribution in [0.1, 0.15) is 25.5 Å². The molecule has 0 amide bonds. The summed E-state index contributed by atoms with van der Waals surface area (Å²) >= 11 is 5.93. The number of likely N-dealkylation sites (N-methyl/N-ethyl adjacent to an activating group) is 1. The summed E-state index contributed by atoms with van der Waals surface area (Å²) in [5.41, 5.74) is 7.17. The molecule has 108 valence electrons. The third-order valence-electron chi connectivity index (χ3n) is 3.81. The van der Waals surface area contributed by atoms with Gasteiger partial charge in [0.25, 0.3) is 0 Å². The zero-order valence-corrected chi connectivity index (χ0v) is 13.0. The van der Waals surface area contributed by atoms with E-state index in [4.69, 9.17) is 22.1 Å². The van der Waals surface area contributed by atoms with E-state index in [9.17, 15) is 0 Å². The van der Waals surface area contributed by atoms with Gasteiger partial charge in [-0.3, -0.25) is 4.90 Å². The molecular formula is C15H25ClN2O. The minimum Gasteiger partial charge on any atom is -0.384 e. The molecule has 19 heavy (non-hydrogen) atoms. The molecule has 0 spiro atoms. The average molecular weight is 285 g/mol. The molecule has 3 atom stereocenters. The van der Waals surface area contributed by atoms with Crippen LogP contribution in [0, 0.1) is 5.92 Å². The molecule has 0 aliphatic carbocycles. The highest BCUT2D eigenvalue weighted by Crippen LogP contribution is 2.24. The molecule has 0 aliphatic heterocycles. The van der Waals surface area contributed by atoms with Gasteiger partial charge in [-0.05, 0) is 37.6 Å². The summed E-state index contributed by atoms with van der Waals surface area (Å²) in [6.07, 6.45) is 0. The molecule has 0 heterocycles. The van der Waals surface area contributed by atoms with Gasteiger partial charge in [-0.2, -0.15) is 0 Å². The van der Waals surface area contributed by atoms with Gasteiger partial charge in [0.15, 0.2) is 0 Å². The number of nitrogens with zero attached hydrogens (tertiary/aromatic N) is 1. The highest BCUT2D eigenvalue weighted by Gasteiger charge is 2.24. The Labute approximate surface area is 121 Å². The van der Waals surface area contributed by atoms with Crippen LogP contribution in [0.25, 0.3) is 0 Å². The SMILES string of the molecule is COCC(C)C(CN)N(C)C(C)c1ccc(Cl)cc1. The van der Waals surface area contributed by atoms with Crippen LogP contribution in [-0.2, 0) is 4.74 Å². The normalized spacial score (nSPS) is 16.4. The standard InChI is InChI=1S/C15H25ClN2O/c1-11(10-19-4)15(9-17)18(3)12(2)13-5-7-14(16)8-6-13/h5-8,11-12,15H,9-10,17H2,1-4H3. The number of benzene rings is 1. The Kier molecular flexibility index (Phi) is 6.80. The van der Waals surface area contributed by atoms with Crippen LogP contribution in [0.4, 0.5) is 0 Å². The predicted octanol–water partition coefficient (Wildman–Crippen LogP) is 2.94. The second-order valence-electron chi connectivity index (χ2n) is 5.13. The highest BCUT2D eigenvalue weighted by molar-refractivity contribution is 6.30. The van der Waals surface area contributed by atoms with Crippen molar-refractivity contribution >= 4 is 11.6 Å². The smallest absolute Gasteiger partial charge is 0.0503 e. The zero-order valence-electron chi connectivity index (χ0n) is 12.3. The van der Waals surface area contributed by atoms with E-state index in [1.165, 1.54) is 5.56 Å². The van der Waals surface area contributed by atoms with Gasteiger partial charge in [0.2, 0.25) is 0 Å². The van der Waals surface area contributed by atoms with Gasteiger partial charge in [-0.25, -0.2) is 0 Å². The lowest BCUT2D eigenvalue weighted by atomic mass is 9.98. The molecule has 3 nitrogen and oxygen atoms in total. The van der Waals surface area contributed by atoms with E-state index in [-0.39, 0.29) is 0 Å². The number of halogens is 1. The summed E-state index contributed by atoms with van der Waals surface area (Å²) in [7, 11) is 3.84. The largest absolute Gasteiger partial charge is 0.384 e. The maximum Gasteiger partial charge on any atom is 0.0503 e. The Morgan fingerprint density at radius 3 is 2.32 bits per heavy atom. The summed E-state index contributed by atoms with van der Waals surface area (Å²) in [4.78, 5) is 2.31. The van der Waals surface area contributed by atoms with Crippen LogP contribution in [0.15, 0.2) is 24.3 Å².